The van der Waals surface area contributed by atoms with Crippen LogP contribution in [-0.4, -0.2) is 76.6 Å². The van der Waals surface area contributed by atoms with Gasteiger partial charge < -0.3 is 5.11 Å². The summed E-state index contributed by atoms with van der Waals surface area (Å²) in [5.74, 6) is 0.400. The first-order valence-corrected chi connectivity index (χ1v) is 8.07. The van der Waals surface area contributed by atoms with Gasteiger partial charge in [0.1, 0.15) is 11.5 Å². The molecule has 0 spiro atoms. The first-order chi connectivity index (χ1) is 11.6. The Morgan fingerprint density at radius 3 is 2.96 bits per heavy atom. The van der Waals surface area contributed by atoms with Gasteiger partial charge in [0, 0.05) is 18.5 Å². The van der Waals surface area contributed by atoms with E-state index in [1.807, 2.05) is 10.7 Å². The fourth-order valence-corrected chi connectivity index (χ4v) is 3.80. The molecule has 1 amide bonds. The van der Waals surface area contributed by atoms with Crippen molar-refractivity contribution in [2.45, 2.75) is 38.3 Å². The fraction of sp³-hybridized carbons (Fsp3) is 0.375. The third-order valence-corrected chi connectivity index (χ3v) is 4.95. The van der Waals surface area contributed by atoms with Crippen molar-refractivity contribution >= 4 is 53.3 Å². The molecule has 5 rings (SSSR count). The SMILES string of the molecule is O=C(O)C1=CCC2/C(=C\c3cn4c(n3)nc3n4CCCC3)C(=O)N12.[NaH]. The van der Waals surface area contributed by atoms with Crippen molar-refractivity contribution in [1.82, 2.24) is 24.1 Å². The summed E-state index contributed by atoms with van der Waals surface area (Å²) in [4.78, 5) is 33.7. The monoisotopic (exact) mass is 349 g/mol. The van der Waals surface area contributed by atoms with Crippen molar-refractivity contribution in [3.63, 3.8) is 0 Å². The molecule has 124 valence electrons. The van der Waals surface area contributed by atoms with Crippen molar-refractivity contribution in [3.8, 4) is 0 Å². The molecule has 9 heteroatoms. The average Bonchev–Trinajstić information content (AvgIpc) is 3.22. The third-order valence-electron chi connectivity index (χ3n) is 4.95. The van der Waals surface area contributed by atoms with Crippen LogP contribution in [0.2, 0.25) is 0 Å². The minimum atomic E-state index is -1.06. The number of hydrogen-bond donors (Lipinski definition) is 1. The number of carboxylic acids is 1. The Bertz CT molecular complexity index is 970. The number of nitrogens with zero attached hydrogens (tertiary/aromatic N) is 5. The first-order valence-electron chi connectivity index (χ1n) is 8.07. The van der Waals surface area contributed by atoms with E-state index in [4.69, 9.17) is 5.11 Å². The number of aromatic nitrogens is 4. The number of β-lactam (4-membered cyclic amide) rings is 1. The van der Waals surface area contributed by atoms with Crippen molar-refractivity contribution < 1.29 is 14.7 Å². The predicted octanol–water partition coefficient (Wildman–Crippen LogP) is 0.185. The molecule has 2 aromatic rings. The number of imidazole rings is 1. The Morgan fingerprint density at radius 1 is 1.32 bits per heavy atom. The molecule has 1 unspecified atom stereocenters. The Balaban J connectivity index is 0.00000157. The number of carboxylic acid groups (broad SMARTS) is 1. The Labute approximate surface area is 165 Å². The normalized spacial score (nSPS) is 23.1. The maximum absolute atomic E-state index is 12.2. The number of carbonyl (C=O) groups excluding carboxylic acids is 1. The molecule has 0 radical (unpaired) electrons. The van der Waals surface area contributed by atoms with E-state index in [-0.39, 0.29) is 47.2 Å². The zero-order chi connectivity index (χ0) is 16.4. The second kappa shape index (κ2) is 5.82. The second-order valence-electron chi connectivity index (χ2n) is 6.34. The van der Waals surface area contributed by atoms with E-state index in [2.05, 4.69) is 14.6 Å². The summed E-state index contributed by atoms with van der Waals surface area (Å²) < 4.78 is 4.07. The standard InChI is InChI=1S/C16H15N5O3.Na.H/c22-14-10(11-4-5-12(15(23)24)21(11)14)7-9-8-20-16(17-9)18-13-3-1-2-6-19(13)20;;/h5,7-8,11H,1-4,6H2,(H,23,24);;/b10-7+;;. The minimum absolute atomic E-state index is 0. The van der Waals surface area contributed by atoms with Gasteiger partial charge in [-0.3, -0.25) is 14.4 Å². The number of carbonyl (C=O) groups is 2. The van der Waals surface area contributed by atoms with Gasteiger partial charge >= 0.3 is 35.5 Å². The summed E-state index contributed by atoms with van der Waals surface area (Å²) in [6, 6.07) is -0.172. The molecule has 3 aliphatic heterocycles. The van der Waals surface area contributed by atoms with Crippen LogP contribution in [0.15, 0.2) is 23.5 Å². The molecule has 25 heavy (non-hydrogen) atoms. The first kappa shape index (κ1) is 16.6. The van der Waals surface area contributed by atoms with E-state index in [1.54, 1.807) is 12.2 Å². The zero-order valence-electron chi connectivity index (χ0n) is 12.8. The predicted molar refractivity (Wildman–Crippen MR) is 90.0 cm³/mol. The number of fused-ring (bicyclic) bond motifs is 4. The topological polar surface area (TPSA) is 92.7 Å². The summed E-state index contributed by atoms with van der Waals surface area (Å²) in [6.07, 6.45) is 9.05. The van der Waals surface area contributed by atoms with Crippen molar-refractivity contribution in [1.29, 1.82) is 0 Å². The van der Waals surface area contributed by atoms with Gasteiger partial charge in [-0.1, -0.05) is 6.08 Å². The van der Waals surface area contributed by atoms with Gasteiger partial charge in [0.15, 0.2) is 0 Å². The molecule has 2 aromatic heterocycles. The van der Waals surface area contributed by atoms with Gasteiger partial charge in [0.05, 0.1) is 17.9 Å². The van der Waals surface area contributed by atoms with Gasteiger partial charge in [-0.05, 0) is 25.3 Å². The molecule has 0 saturated carbocycles. The Hall–Kier alpha value is -1.90. The molecule has 0 aliphatic carbocycles. The van der Waals surface area contributed by atoms with E-state index in [0.29, 0.717) is 23.5 Å². The van der Waals surface area contributed by atoms with Crippen molar-refractivity contribution in [3.05, 3.63) is 35.1 Å². The number of rotatable bonds is 2. The van der Waals surface area contributed by atoms with E-state index < -0.39 is 5.97 Å². The second-order valence-corrected chi connectivity index (χ2v) is 6.34. The number of aryl methyl sites for hydroxylation is 2. The molecule has 5 heterocycles. The van der Waals surface area contributed by atoms with Crippen LogP contribution in [0.25, 0.3) is 11.9 Å². The molecule has 1 atom stereocenters. The molecule has 8 nitrogen and oxygen atoms in total. The summed E-state index contributed by atoms with van der Waals surface area (Å²) in [7, 11) is 0. The van der Waals surface area contributed by atoms with Crippen LogP contribution >= 0.6 is 0 Å². The van der Waals surface area contributed by atoms with Gasteiger partial charge in [0.25, 0.3) is 11.7 Å². The molecule has 0 aromatic carbocycles. The van der Waals surface area contributed by atoms with Crippen LogP contribution in [0.4, 0.5) is 0 Å². The Morgan fingerprint density at radius 2 is 2.16 bits per heavy atom. The van der Waals surface area contributed by atoms with Crippen molar-refractivity contribution in [2.24, 2.45) is 0 Å². The van der Waals surface area contributed by atoms with Crippen LogP contribution in [0, 0.1) is 0 Å². The average molecular weight is 349 g/mol. The molecular weight excluding hydrogens is 333 g/mol. The maximum atomic E-state index is 12.2. The Kier molecular flexibility index (Phi) is 3.86. The van der Waals surface area contributed by atoms with Gasteiger partial charge in [-0.25, -0.2) is 14.3 Å². The summed E-state index contributed by atoms with van der Waals surface area (Å²) in [6.45, 7) is 0.930. The summed E-state index contributed by atoms with van der Waals surface area (Å²) in [5.41, 5.74) is 1.38. The summed E-state index contributed by atoms with van der Waals surface area (Å²) in [5, 5.41) is 9.10. The van der Waals surface area contributed by atoms with Gasteiger partial charge in [-0.2, -0.15) is 4.98 Å². The van der Waals surface area contributed by atoms with Crippen molar-refractivity contribution in [2.75, 3.05) is 0 Å². The summed E-state index contributed by atoms with van der Waals surface area (Å²) >= 11 is 0. The molecule has 1 saturated heterocycles. The molecular formula is C16H16N5NaO3. The van der Waals surface area contributed by atoms with Crippen LogP contribution in [-0.2, 0) is 22.6 Å². The molecule has 0 bridgehead atoms. The van der Waals surface area contributed by atoms with Crippen LogP contribution in [0.1, 0.15) is 30.8 Å². The molecule has 1 fully saturated rings. The number of hydrogen-bond acceptors (Lipinski definition) is 4. The molecule has 1 N–H and O–H groups in total. The van der Waals surface area contributed by atoms with E-state index in [1.165, 1.54) is 4.90 Å². The van der Waals surface area contributed by atoms with E-state index in [9.17, 15) is 9.59 Å². The van der Waals surface area contributed by atoms with Crippen LogP contribution in [0.3, 0.4) is 0 Å². The zero-order valence-corrected chi connectivity index (χ0v) is 12.8. The van der Waals surface area contributed by atoms with Gasteiger partial charge in [0.2, 0.25) is 0 Å². The quantitative estimate of drug-likeness (QED) is 0.474. The number of aliphatic carboxylic acids is 1. The fourth-order valence-electron chi connectivity index (χ4n) is 3.80. The van der Waals surface area contributed by atoms with E-state index >= 15 is 0 Å². The molecule has 3 aliphatic rings. The van der Waals surface area contributed by atoms with Crippen LogP contribution < -0.4 is 0 Å². The van der Waals surface area contributed by atoms with E-state index in [0.717, 1.165) is 31.6 Å². The van der Waals surface area contributed by atoms with Crippen LogP contribution in [0.5, 0.6) is 0 Å². The third kappa shape index (κ3) is 2.32. The van der Waals surface area contributed by atoms with Gasteiger partial charge in [-0.15, -0.1) is 0 Å². The number of amides is 1.